The van der Waals surface area contributed by atoms with E-state index in [1.54, 1.807) is 30.3 Å². The number of likely N-dealkylation sites (N-methyl/N-ethyl adjacent to an activating group) is 1. The number of hydrogen-bond donors (Lipinski definition) is 0. The summed E-state index contributed by atoms with van der Waals surface area (Å²) in [5.41, 5.74) is -1.40. The van der Waals surface area contributed by atoms with Crippen LogP contribution in [-0.2, 0) is 42.7 Å². The van der Waals surface area contributed by atoms with Crippen molar-refractivity contribution in [2.45, 2.75) is 156 Å². The lowest BCUT2D eigenvalue weighted by molar-refractivity contribution is -0.346. The smallest absolute Gasteiger partial charge is 0.338 e. The van der Waals surface area contributed by atoms with E-state index in [1.165, 1.54) is 0 Å². The maximum Gasteiger partial charge on any atom is 0.338 e. The molecule has 2 bridgehead atoms. The van der Waals surface area contributed by atoms with Crippen LogP contribution in [0.4, 0.5) is 0 Å². The molecule has 0 amide bonds. The van der Waals surface area contributed by atoms with Gasteiger partial charge in [0.05, 0.1) is 48.0 Å². The number of ether oxygens (including phenoxy) is 7. The Labute approximate surface area is 323 Å². The number of esters is 2. The van der Waals surface area contributed by atoms with Gasteiger partial charge in [0.15, 0.2) is 24.3 Å². The zero-order valence-electron chi connectivity index (χ0n) is 35.0. The van der Waals surface area contributed by atoms with Gasteiger partial charge in [-0.05, 0) is 90.9 Å². The van der Waals surface area contributed by atoms with Crippen molar-refractivity contribution in [3.8, 4) is 0 Å². The highest BCUT2D eigenvalue weighted by Crippen LogP contribution is 2.48. The number of fused-ring (bicyclic) bond motifs is 2. The van der Waals surface area contributed by atoms with E-state index in [4.69, 9.17) is 33.2 Å². The fourth-order valence-corrected chi connectivity index (χ4v) is 8.80. The van der Waals surface area contributed by atoms with E-state index in [9.17, 15) is 14.4 Å². The topological polar surface area (TPSA) is 119 Å². The standard InChI is InChI=1S/C43H67NO10/c1-15-22-48-43(12)24-25(3)35-41(8,9)37(54-42(10,11)53-35)33(45)32(16-2)50-38(46)29(7)27(5)28(6)36(43)52-40-34(31(44(13)14)23-26(4)49-40)51-39(47)30-20-18-17-19-21-30/h15,17-21,25-29,31-32,34-37,40H,1,16,22-24H2,2-14H3/t25-,26-,27+,28+,29-,31+,32-,34-,35+,36-,37+,40?,43+/m1/s1. The fourth-order valence-electron chi connectivity index (χ4n) is 8.80. The van der Waals surface area contributed by atoms with Gasteiger partial charge in [-0.1, -0.05) is 72.7 Å². The number of rotatable bonds is 9. The van der Waals surface area contributed by atoms with Crippen molar-refractivity contribution in [1.82, 2.24) is 4.90 Å². The first-order chi connectivity index (χ1) is 25.2. The van der Waals surface area contributed by atoms with Gasteiger partial charge in [0.2, 0.25) is 5.78 Å². The van der Waals surface area contributed by atoms with E-state index >= 15 is 0 Å². The van der Waals surface area contributed by atoms with E-state index < -0.39 is 71.5 Å². The minimum Gasteiger partial charge on any atom is -0.454 e. The van der Waals surface area contributed by atoms with E-state index in [2.05, 4.69) is 13.5 Å². The zero-order valence-corrected chi connectivity index (χ0v) is 35.0. The molecule has 3 fully saturated rings. The molecule has 1 aromatic rings. The normalized spacial score (nSPS) is 38.9. The predicted octanol–water partition coefficient (Wildman–Crippen LogP) is 7.01. The number of hydrogen-bond acceptors (Lipinski definition) is 11. The highest BCUT2D eigenvalue weighted by Gasteiger charge is 2.57. The molecule has 0 aliphatic carbocycles. The third-order valence-corrected chi connectivity index (χ3v) is 12.1. The highest BCUT2D eigenvalue weighted by atomic mass is 16.7. The first-order valence-electron chi connectivity index (χ1n) is 19.7. The minimum absolute atomic E-state index is 0.183. The van der Waals surface area contributed by atoms with Crippen molar-refractivity contribution >= 4 is 17.7 Å². The molecule has 0 aromatic heterocycles. The summed E-state index contributed by atoms with van der Waals surface area (Å²) in [6.07, 6.45) is -1.94. The second-order valence-electron chi connectivity index (χ2n) is 17.5. The average Bonchev–Trinajstić information content (AvgIpc) is 3.11. The number of Topliss-reactive ketones (excluding diaryl/α,β-unsaturated/α-hetero) is 1. The second kappa shape index (κ2) is 17.6. The van der Waals surface area contributed by atoms with Crippen LogP contribution < -0.4 is 0 Å². The summed E-state index contributed by atoms with van der Waals surface area (Å²) in [7, 11) is 3.92. The number of ketones is 1. The van der Waals surface area contributed by atoms with Crippen molar-refractivity contribution < 1.29 is 47.5 Å². The van der Waals surface area contributed by atoms with Crippen LogP contribution in [0.15, 0.2) is 43.0 Å². The van der Waals surface area contributed by atoms with E-state index in [0.29, 0.717) is 24.8 Å². The molecule has 0 spiro atoms. The van der Waals surface area contributed by atoms with Crippen LogP contribution in [0.5, 0.6) is 0 Å². The molecule has 3 aliphatic heterocycles. The molecule has 304 valence electrons. The second-order valence-corrected chi connectivity index (χ2v) is 17.5. The summed E-state index contributed by atoms with van der Waals surface area (Å²) in [5.74, 6) is -3.74. The number of cyclic esters (lactones) is 1. The van der Waals surface area contributed by atoms with Crippen molar-refractivity contribution in [3.63, 3.8) is 0 Å². The monoisotopic (exact) mass is 757 g/mol. The Morgan fingerprint density at radius 3 is 2.22 bits per heavy atom. The van der Waals surface area contributed by atoms with E-state index in [1.807, 2.05) is 94.3 Å². The molecule has 54 heavy (non-hydrogen) atoms. The predicted molar refractivity (Wildman–Crippen MR) is 206 cm³/mol. The molecule has 0 N–H and O–H groups in total. The Morgan fingerprint density at radius 2 is 1.63 bits per heavy atom. The third-order valence-electron chi connectivity index (χ3n) is 12.1. The zero-order chi connectivity index (χ0) is 40.3. The van der Waals surface area contributed by atoms with Crippen LogP contribution in [-0.4, -0.2) is 104 Å². The molecule has 11 nitrogen and oxygen atoms in total. The van der Waals surface area contributed by atoms with E-state index in [-0.39, 0.29) is 42.3 Å². The van der Waals surface area contributed by atoms with Crippen LogP contribution in [0.3, 0.4) is 0 Å². The maximum atomic E-state index is 14.2. The lowest BCUT2D eigenvalue weighted by Gasteiger charge is -2.54. The van der Waals surface area contributed by atoms with Crippen LogP contribution in [0.25, 0.3) is 0 Å². The number of benzene rings is 1. The molecule has 3 aliphatic rings. The van der Waals surface area contributed by atoms with Gasteiger partial charge in [-0.3, -0.25) is 9.59 Å². The third kappa shape index (κ3) is 9.64. The summed E-state index contributed by atoms with van der Waals surface area (Å²) < 4.78 is 46.0. The van der Waals surface area contributed by atoms with Gasteiger partial charge in [0, 0.05) is 5.41 Å². The number of carbonyl (C=O) groups excluding carboxylic acids is 3. The number of nitrogens with zero attached hydrogens (tertiary/aromatic N) is 1. The molecule has 13 atom stereocenters. The maximum absolute atomic E-state index is 14.2. The van der Waals surface area contributed by atoms with Crippen molar-refractivity contribution in [2.75, 3.05) is 20.7 Å². The molecule has 0 saturated carbocycles. The molecule has 11 heteroatoms. The van der Waals surface area contributed by atoms with Crippen molar-refractivity contribution in [2.24, 2.45) is 29.1 Å². The van der Waals surface area contributed by atoms with Gasteiger partial charge in [-0.25, -0.2) is 4.79 Å². The Kier molecular flexibility index (Phi) is 14.4. The molecule has 1 aromatic carbocycles. The van der Waals surface area contributed by atoms with Gasteiger partial charge in [-0.15, -0.1) is 6.58 Å². The summed E-state index contributed by atoms with van der Waals surface area (Å²) in [6.45, 7) is 25.6. The molecule has 3 heterocycles. The fraction of sp³-hybridized carbons (Fsp3) is 0.744. The largest absolute Gasteiger partial charge is 0.454 e. The Balaban J connectivity index is 1.86. The molecular weight excluding hydrogens is 690 g/mol. The van der Waals surface area contributed by atoms with Gasteiger partial charge in [-0.2, -0.15) is 0 Å². The Morgan fingerprint density at radius 1 is 0.981 bits per heavy atom. The average molecular weight is 758 g/mol. The van der Waals surface area contributed by atoms with Crippen molar-refractivity contribution in [1.29, 1.82) is 0 Å². The number of carbonyl (C=O) groups is 3. The summed E-state index contributed by atoms with van der Waals surface area (Å²) in [5, 5.41) is 0. The lowest BCUT2D eigenvalue weighted by Crippen LogP contribution is -2.63. The summed E-state index contributed by atoms with van der Waals surface area (Å²) in [6, 6.07) is 8.68. The highest BCUT2D eigenvalue weighted by molar-refractivity contribution is 5.90. The van der Waals surface area contributed by atoms with Gasteiger partial charge < -0.3 is 38.1 Å². The van der Waals surface area contributed by atoms with Gasteiger partial charge >= 0.3 is 11.9 Å². The summed E-state index contributed by atoms with van der Waals surface area (Å²) >= 11 is 0. The SMILES string of the molecule is C=CCO[C@@]1(C)C[C@@H](C)[C@@H]2OC(C)(C)O[C@@H](C(=O)[C@@H](CC)OC(=O)[C@H](C)[C@@H](C)[C@H](C)[C@H]1OC1O[C@H](C)C[C@H](N(C)C)[C@H]1OC(=O)c1ccccc1)C2(C)C. The van der Waals surface area contributed by atoms with Crippen LogP contribution in [0.2, 0.25) is 0 Å². The van der Waals surface area contributed by atoms with Gasteiger partial charge in [0.1, 0.15) is 6.10 Å². The minimum atomic E-state index is -1.10. The Bertz CT molecular complexity index is 1450. The van der Waals surface area contributed by atoms with Crippen LogP contribution >= 0.6 is 0 Å². The first-order valence-corrected chi connectivity index (χ1v) is 19.7. The lowest BCUT2D eigenvalue weighted by atomic mass is 9.68. The van der Waals surface area contributed by atoms with E-state index in [0.717, 1.165) is 0 Å². The molecular formula is C43H67NO10. The Hall–Kier alpha value is -2.67. The molecule has 3 saturated heterocycles. The van der Waals surface area contributed by atoms with Crippen LogP contribution in [0.1, 0.15) is 106 Å². The quantitative estimate of drug-likeness (QED) is 0.191. The van der Waals surface area contributed by atoms with Crippen LogP contribution in [0, 0.1) is 29.1 Å². The van der Waals surface area contributed by atoms with Crippen molar-refractivity contribution in [3.05, 3.63) is 48.6 Å². The van der Waals surface area contributed by atoms with Gasteiger partial charge in [0.25, 0.3) is 0 Å². The first kappa shape index (κ1) is 44.0. The molecule has 4 rings (SSSR count). The molecule has 0 radical (unpaired) electrons. The summed E-state index contributed by atoms with van der Waals surface area (Å²) in [4.78, 5) is 43.9. The molecule has 1 unspecified atom stereocenters.